The molecule has 2 amide bonds. The number of aliphatic hydroxyl groups excluding tert-OH is 1. The number of hydrogen-bond acceptors (Lipinski definition) is 4. The van der Waals surface area contributed by atoms with Crippen molar-refractivity contribution in [3.63, 3.8) is 0 Å². The molecule has 0 spiro atoms. The molecule has 0 bridgehead atoms. The van der Waals surface area contributed by atoms with E-state index in [0.29, 0.717) is 38.0 Å². The molecule has 1 aromatic rings. The molecule has 2 rings (SSSR count). The summed E-state index contributed by atoms with van der Waals surface area (Å²) >= 11 is 0. The van der Waals surface area contributed by atoms with E-state index in [1.54, 1.807) is 0 Å². The number of unbranched alkanes of at least 4 members (excludes halogenated alkanes) is 3. The summed E-state index contributed by atoms with van der Waals surface area (Å²) in [5, 5.41) is 16.7. The number of hydrogen-bond donors (Lipinski definition) is 3. The second-order valence-corrected chi connectivity index (χ2v) is 11.7. The van der Waals surface area contributed by atoms with Crippen LogP contribution in [0.3, 0.4) is 0 Å². The smallest absolute Gasteiger partial charge is 0.251 e. The van der Waals surface area contributed by atoms with Gasteiger partial charge in [-0.05, 0) is 67.9 Å². The monoisotopic (exact) mass is 516 g/mol. The van der Waals surface area contributed by atoms with E-state index in [9.17, 15) is 14.7 Å². The van der Waals surface area contributed by atoms with Gasteiger partial charge in [0, 0.05) is 37.3 Å². The summed E-state index contributed by atoms with van der Waals surface area (Å²) in [6.07, 6.45) is 8.23. The third kappa shape index (κ3) is 10.4. The second kappa shape index (κ2) is 16.1. The Morgan fingerprint density at radius 3 is 2.41 bits per heavy atom. The van der Waals surface area contributed by atoms with E-state index in [1.165, 1.54) is 19.3 Å². The van der Waals surface area contributed by atoms with Gasteiger partial charge in [-0.1, -0.05) is 72.1 Å². The summed E-state index contributed by atoms with van der Waals surface area (Å²) in [4.78, 5) is 25.8. The average Bonchev–Trinajstić information content (AvgIpc) is 2.90. The van der Waals surface area contributed by atoms with Gasteiger partial charge in [0.05, 0.1) is 6.10 Å². The first-order chi connectivity index (χ1) is 17.7. The van der Waals surface area contributed by atoms with Crippen LogP contribution in [-0.2, 0) is 16.0 Å². The molecule has 1 aliphatic heterocycles. The summed E-state index contributed by atoms with van der Waals surface area (Å²) in [5.41, 5.74) is 1.42. The van der Waals surface area contributed by atoms with Gasteiger partial charge in [0.1, 0.15) is 0 Å². The molecule has 3 N–H and O–H groups in total. The first-order valence-electron chi connectivity index (χ1n) is 14.6. The van der Waals surface area contributed by atoms with Gasteiger partial charge in [-0.15, -0.1) is 0 Å². The number of carbonyl (C=O) groups excluding carboxylic acids is 2. The van der Waals surface area contributed by atoms with E-state index in [2.05, 4.69) is 37.5 Å². The van der Waals surface area contributed by atoms with Crippen LogP contribution in [0.5, 0.6) is 0 Å². The van der Waals surface area contributed by atoms with Crippen molar-refractivity contribution in [2.75, 3.05) is 26.3 Å². The zero-order valence-electron chi connectivity index (χ0n) is 24.0. The number of aliphatic hydroxyl groups is 1. The highest BCUT2D eigenvalue weighted by Gasteiger charge is 2.37. The lowest BCUT2D eigenvalue weighted by Crippen LogP contribution is -2.46. The highest BCUT2D eigenvalue weighted by molar-refractivity contribution is 5.95. The Morgan fingerprint density at radius 2 is 1.73 bits per heavy atom. The van der Waals surface area contributed by atoms with Gasteiger partial charge >= 0.3 is 0 Å². The molecule has 37 heavy (non-hydrogen) atoms. The van der Waals surface area contributed by atoms with Gasteiger partial charge in [0.15, 0.2) is 0 Å². The number of rotatable bonds is 16. The van der Waals surface area contributed by atoms with Crippen LogP contribution in [-0.4, -0.2) is 49.3 Å². The van der Waals surface area contributed by atoms with E-state index < -0.39 is 11.5 Å². The van der Waals surface area contributed by atoms with E-state index in [1.807, 2.05) is 32.0 Å². The van der Waals surface area contributed by atoms with Crippen molar-refractivity contribution in [3.8, 4) is 0 Å². The Kier molecular flexibility index (Phi) is 13.6. The van der Waals surface area contributed by atoms with Crippen LogP contribution in [0.15, 0.2) is 24.3 Å². The highest BCUT2D eigenvalue weighted by Crippen LogP contribution is 2.34. The van der Waals surface area contributed by atoms with E-state index in [4.69, 9.17) is 4.74 Å². The molecule has 1 heterocycles. The molecular formula is C31H52N2O4. The van der Waals surface area contributed by atoms with Crippen molar-refractivity contribution in [2.24, 2.45) is 23.2 Å². The van der Waals surface area contributed by atoms with Crippen LogP contribution in [0.25, 0.3) is 0 Å². The summed E-state index contributed by atoms with van der Waals surface area (Å²) in [6.45, 7) is 12.8. The molecule has 6 heteroatoms. The van der Waals surface area contributed by atoms with Crippen LogP contribution in [0, 0.1) is 23.2 Å². The number of nitrogens with one attached hydrogen (secondary N) is 2. The molecule has 0 saturated carbocycles. The number of amides is 2. The Balaban J connectivity index is 1.80. The molecule has 1 aromatic carbocycles. The number of carbonyl (C=O) groups is 2. The molecule has 0 aromatic heterocycles. The average molecular weight is 517 g/mol. The largest absolute Gasteiger partial charge is 0.391 e. The number of ether oxygens (including phenoxy) is 1. The number of aryl methyl sites for hydroxylation is 1. The molecule has 0 aliphatic carbocycles. The van der Waals surface area contributed by atoms with Crippen molar-refractivity contribution in [3.05, 3.63) is 35.4 Å². The fourth-order valence-corrected chi connectivity index (χ4v) is 5.24. The first kappa shape index (κ1) is 31.3. The van der Waals surface area contributed by atoms with Crippen LogP contribution in [0.4, 0.5) is 0 Å². The predicted molar refractivity (Wildman–Crippen MR) is 151 cm³/mol. The zero-order valence-corrected chi connectivity index (χ0v) is 24.0. The molecular weight excluding hydrogens is 464 g/mol. The minimum Gasteiger partial charge on any atom is -0.391 e. The molecule has 1 fully saturated rings. The van der Waals surface area contributed by atoms with Gasteiger partial charge in [-0.3, -0.25) is 9.59 Å². The van der Waals surface area contributed by atoms with Gasteiger partial charge in [0.2, 0.25) is 5.91 Å². The molecule has 0 radical (unpaired) electrons. The minimum absolute atomic E-state index is 0.000479. The first-order valence-corrected chi connectivity index (χ1v) is 14.6. The third-order valence-electron chi connectivity index (χ3n) is 8.23. The normalized spacial score (nSPS) is 16.4. The maximum Gasteiger partial charge on any atom is 0.251 e. The molecule has 0 unspecified atom stereocenters. The van der Waals surface area contributed by atoms with Crippen LogP contribution < -0.4 is 10.6 Å². The Hall–Kier alpha value is -1.92. The van der Waals surface area contributed by atoms with Crippen molar-refractivity contribution >= 4 is 11.8 Å². The van der Waals surface area contributed by atoms with Gasteiger partial charge in [0.25, 0.3) is 5.91 Å². The van der Waals surface area contributed by atoms with Gasteiger partial charge < -0.3 is 20.5 Å². The molecule has 210 valence electrons. The molecule has 2 atom stereocenters. The van der Waals surface area contributed by atoms with Crippen LogP contribution >= 0.6 is 0 Å². The lowest BCUT2D eigenvalue weighted by molar-refractivity contribution is -0.134. The Labute approximate surface area is 225 Å². The number of benzene rings is 1. The summed E-state index contributed by atoms with van der Waals surface area (Å²) in [7, 11) is 0. The lowest BCUT2D eigenvalue weighted by atomic mass is 9.74. The SMILES string of the molecule is CCCCCCc1ccccc1C(=O)NC[C@@H](CC[C@@H](O)CNC(=O)C(C)(C)C1CCOCC1)C(C)C. The Bertz CT molecular complexity index is 817. The minimum atomic E-state index is -0.602. The molecule has 1 saturated heterocycles. The zero-order chi connectivity index (χ0) is 27.3. The van der Waals surface area contributed by atoms with E-state index in [-0.39, 0.29) is 24.3 Å². The van der Waals surface area contributed by atoms with Crippen LogP contribution in [0.2, 0.25) is 0 Å². The molecule has 6 nitrogen and oxygen atoms in total. The van der Waals surface area contributed by atoms with Crippen LogP contribution in [0.1, 0.15) is 102 Å². The maximum atomic E-state index is 13.0. The van der Waals surface area contributed by atoms with Crippen molar-refractivity contribution in [1.82, 2.24) is 10.6 Å². The second-order valence-electron chi connectivity index (χ2n) is 11.7. The van der Waals surface area contributed by atoms with Crippen molar-refractivity contribution in [2.45, 2.75) is 98.5 Å². The topological polar surface area (TPSA) is 87.7 Å². The van der Waals surface area contributed by atoms with Crippen molar-refractivity contribution in [1.29, 1.82) is 0 Å². The highest BCUT2D eigenvalue weighted by atomic mass is 16.5. The fraction of sp³-hybridized carbons (Fsp3) is 0.742. The quantitative estimate of drug-likeness (QED) is 0.252. The summed E-state index contributed by atoms with van der Waals surface area (Å²) in [5.74, 6) is 0.914. The lowest BCUT2D eigenvalue weighted by Gasteiger charge is -2.35. The molecule has 1 aliphatic rings. The standard InChI is InChI=1S/C31H52N2O4/c1-6-7-8-9-12-24-13-10-11-14-28(24)29(35)32-21-25(23(2)3)15-16-27(34)22-33-30(36)31(4,5)26-17-19-37-20-18-26/h10-11,13-14,23,25-27,34H,6-9,12,15-22H2,1-5H3,(H,32,35)(H,33,36)/t25-,27-/m1/s1. The third-order valence-corrected chi connectivity index (χ3v) is 8.23. The summed E-state index contributed by atoms with van der Waals surface area (Å²) in [6, 6.07) is 7.92. The Morgan fingerprint density at radius 1 is 1.03 bits per heavy atom. The van der Waals surface area contributed by atoms with Gasteiger partial charge in [-0.2, -0.15) is 0 Å². The van der Waals surface area contributed by atoms with E-state index in [0.717, 1.165) is 43.2 Å². The van der Waals surface area contributed by atoms with Crippen molar-refractivity contribution < 1.29 is 19.4 Å². The fourth-order valence-electron chi connectivity index (χ4n) is 5.24. The summed E-state index contributed by atoms with van der Waals surface area (Å²) < 4.78 is 5.44. The predicted octanol–water partition coefficient (Wildman–Crippen LogP) is 5.52. The van der Waals surface area contributed by atoms with E-state index >= 15 is 0 Å². The van der Waals surface area contributed by atoms with Gasteiger partial charge in [-0.25, -0.2) is 0 Å². The maximum absolute atomic E-state index is 13.0.